The number of hydrogen-bond acceptors (Lipinski definition) is 4. The van der Waals surface area contributed by atoms with Crippen molar-refractivity contribution in [2.75, 3.05) is 18.2 Å². The predicted molar refractivity (Wildman–Crippen MR) is 128 cm³/mol. The van der Waals surface area contributed by atoms with E-state index in [2.05, 4.69) is 5.32 Å². The predicted octanol–water partition coefficient (Wildman–Crippen LogP) is 5.91. The Morgan fingerprint density at radius 3 is 2.30 bits per heavy atom. The van der Waals surface area contributed by atoms with E-state index in [4.69, 9.17) is 15.2 Å². The molecule has 5 nitrogen and oxygen atoms in total. The molecule has 0 atom stereocenters. The Balaban J connectivity index is 1.50. The first-order chi connectivity index (χ1) is 16.0. The highest BCUT2D eigenvalue weighted by Gasteiger charge is 2.12. The summed E-state index contributed by atoms with van der Waals surface area (Å²) in [7, 11) is 1.56. The van der Waals surface area contributed by atoms with Crippen LogP contribution in [0.4, 0.5) is 15.8 Å². The smallest absolute Gasteiger partial charge is 0.255 e. The molecule has 0 spiro atoms. The zero-order chi connectivity index (χ0) is 23.2. The quantitative estimate of drug-likeness (QED) is 0.349. The number of carbonyl (C=O) groups excluding carboxylic acids is 1. The first-order valence-electron chi connectivity index (χ1n) is 10.3. The van der Waals surface area contributed by atoms with E-state index in [0.29, 0.717) is 33.8 Å². The Morgan fingerprint density at radius 1 is 0.909 bits per heavy atom. The second-order valence-electron chi connectivity index (χ2n) is 7.40. The number of benzene rings is 4. The summed E-state index contributed by atoms with van der Waals surface area (Å²) in [6.45, 7) is 0.278. The fourth-order valence-corrected chi connectivity index (χ4v) is 3.31. The van der Waals surface area contributed by atoms with Crippen molar-refractivity contribution in [3.05, 3.63) is 108 Å². The van der Waals surface area contributed by atoms with Gasteiger partial charge < -0.3 is 20.5 Å². The highest BCUT2D eigenvalue weighted by atomic mass is 19.1. The molecule has 0 aliphatic rings. The Labute approximate surface area is 191 Å². The van der Waals surface area contributed by atoms with E-state index < -0.39 is 5.82 Å². The van der Waals surface area contributed by atoms with Gasteiger partial charge in [-0.15, -0.1) is 0 Å². The van der Waals surface area contributed by atoms with Crippen molar-refractivity contribution in [3.8, 4) is 22.6 Å². The van der Waals surface area contributed by atoms with Crippen molar-refractivity contribution in [2.24, 2.45) is 0 Å². The first kappa shape index (κ1) is 21.9. The zero-order valence-electron chi connectivity index (χ0n) is 18.0. The summed E-state index contributed by atoms with van der Waals surface area (Å²) in [4.78, 5) is 12.6. The number of nitrogens with two attached hydrogens (primary N) is 1. The van der Waals surface area contributed by atoms with Crippen molar-refractivity contribution in [1.82, 2.24) is 0 Å². The fraction of sp³-hybridized carbons (Fsp3) is 0.0741. The molecule has 4 rings (SSSR count). The van der Waals surface area contributed by atoms with Crippen molar-refractivity contribution in [2.45, 2.75) is 6.61 Å². The van der Waals surface area contributed by atoms with E-state index in [1.54, 1.807) is 61.7 Å². The number of nitrogens with one attached hydrogen (secondary N) is 1. The van der Waals surface area contributed by atoms with Crippen LogP contribution in [0.1, 0.15) is 15.9 Å². The third kappa shape index (κ3) is 5.30. The third-order valence-electron chi connectivity index (χ3n) is 5.16. The molecule has 0 saturated carbocycles. The van der Waals surface area contributed by atoms with Gasteiger partial charge >= 0.3 is 0 Å². The van der Waals surface area contributed by atoms with Gasteiger partial charge in [-0.2, -0.15) is 0 Å². The molecule has 0 unspecified atom stereocenters. The van der Waals surface area contributed by atoms with Crippen LogP contribution in [0.2, 0.25) is 0 Å². The van der Waals surface area contributed by atoms with Gasteiger partial charge in [-0.05, 0) is 65.2 Å². The van der Waals surface area contributed by atoms with Gasteiger partial charge in [0, 0.05) is 5.56 Å². The molecule has 0 aliphatic heterocycles. The van der Waals surface area contributed by atoms with Crippen LogP contribution in [0, 0.1) is 5.82 Å². The minimum absolute atomic E-state index is 0.172. The van der Waals surface area contributed by atoms with E-state index in [0.717, 1.165) is 5.56 Å². The van der Waals surface area contributed by atoms with Crippen LogP contribution in [0.25, 0.3) is 11.1 Å². The summed E-state index contributed by atoms with van der Waals surface area (Å²) in [5.41, 5.74) is 9.68. The number of methoxy groups -OCH3 is 1. The molecular formula is C27H23FN2O3. The van der Waals surface area contributed by atoms with Gasteiger partial charge in [0.2, 0.25) is 0 Å². The van der Waals surface area contributed by atoms with E-state index in [-0.39, 0.29) is 18.3 Å². The molecular weight excluding hydrogens is 419 g/mol. The normalized spacial score (nSPS) is 10.5. The molecule has 0 aliphatic carbocycles. The Morgan fingerprint density at radius 2 is 1.61 bits per heavy atom. The van der Waals surface area contributed by atoms with E-state index in [1.807, 2.05) is 30.3 Å². The van der Waals surface area contributed by atoms with Gasteiger partial charge in [0.25, 0.3) is 5.91 Å². The summed E-state index contributed by atoms with van der Waals surface area (Å²) < 4.78 is 25.4. The van der Waals surface area contributed by atoms with Gasteiger partial charge in [-0.1, -0.05) is 42.5 Å². The van der Waals surface area contributed by atoms with Crippen LogP contribution in [-0.2, 0) is 6.61 Å². The number of nitrogen functional groups attached to an aromatic ring is 1. The highest BCUT2D eigenvalue weighted by Crippen LogP contribution is 2.30. The lowest BCUT2D eigenvalue weighted by atomic mass is 10.0. The van der Waals surface area contributed by atoms with Crippen molar-refractivity contribution < 1.29 is 18.7 Å². The maximum absolute atomic E-state index is 14.7. The molecule has 3 N–H and O–H groups in total. The van der Waals surface area contributed by atoms with E-state index in [1.165, 1.54) is 6.07 Å². The Bertz CT molecular complexity index is 1260. The number of carbonyl (C=O) groups is 1. The lowest BCUT2D eigenvalue weighted by Crippen LogP contribution is -2.13. The first-order valence-corrected chi connectivity index (χ1v) is 10.3. The van der Waals surface area contributed by atoms with Crippen LogP contribution in [-0.4, -0.2) is 13.0 Å². The molecule has 0 fully saturated rings. The van der Waals surface area contributed by atoms with Crippen LogP contribution < -0.4 is 20.5 Å². The van der Waals surface area contributed by atoms with E-state index in [9.17, 15) is 9.18 Å². The van der Waals surface area contributed by atoms with Crippen LogP contribution >= 0.6 is 0 Å². The summed E-state index contributed by atoms with van der Waals surface area (Å²) in [6, 6.07) is 26.3. The molecule has 33 heavy (non-hydrogen) atoms. The summed E-state index contributed by atoms with van der Waals surface area (Å²) in [5, 5.41) is 2.82. The zero-order valence-corrected chi connectivity index (χ0v) is 18.0. The van der Waals surface area contributed by atoms with E-state index >= 15 is 0 Å². The average molecular weight is 442 g/mol. The van der Waals surface area contributed by atoms with Crippen molar-refractivity contribution >= 4 is 17.3 Å². The fourth-order valence-electron chi connectivity index (χ4n) is 3.31. The summed E-state index contributed by atoms with van der Waals surface area (Å²) >= 11 is 0. The van der Waals surface area contributed by atoms with Gasteiger partial charge in [-0.25, -0.2) is 4.39 Å². The summed E-state index contributed by atoms with van der Waals surface area (Å²) in [6.07, 6.45) is 0. The minimum atomic E-state index is -0.468. The Hall–Kier alpha value is -4.32. The highest BCUT2D eigenvalue weighted by molar-refractivity contribution is 6.06. The lowest BCUT2D eigenvalue weighted by molar-refractivity contribution is 0.102. The molecule has 4 aromatic rings. The van der Waals surface area contributed by atoms with Gasteiger partial charge in [0.05, 0.1) is 18.5 Å². The number of rotatable bonds is 7. The summed E-state index contributed by atoms with van der Waals surface area (Å²) in [5.74, 6) is 0.0544. The standard InChI is InChI=1S/C27H23FN2O3/c1-32-22-11-7-19(8-12-22)27(31)30-25-16-21(9-13-24(25)29)20-10-14-26(23(28)15-20)33-17-18-5-3-2-4-6-18/h2-16H,17,29H2,1H3,(H,30,31). The maximum atomic E-state index is 14.7. The van der Waals surface area contributed by atoms with Crippen LogP contribution in [0.5, 0.6) is 11.5 Å². The van der Waals surface area contributed by atoms with Gasteiger partial charge in [0.1, 0.15) is 12.4 Å². The van der Waals surface area contributed by atoms with Gasteiger partial charge in [-0.3, -0.25) is 4.79 Å². The molecule has 6 heteroatoms. The van der Waals surface area contributed by atoms with Crippen LogP contribution in [0.15, 0.2) is 91.0 Å². The number of halogens is 1. The SMILES string of the molecule is COc1ccc(C(=O)Nc2cc(-c3ccc(OCc4ccccc4)c(F)c3)ccc2N)cc1. The molecule has 0 radical (unpaired) electrons. The number of hydrogen-bond donors (Lipinski definition) is 2. The minimum Gasteiger partial charge on any atom is -0.497 e. The molecule has 1 amide bonds. The second kappa shape index (κ2) is 9.87. The third-order valence-corrected chi connectivity index (χ3v) is 5.16. The molecule has 0 heterocycles. The molecule has 0 bridgehead atoms. The topological polar surface area (TPSA) is 73.6 Å². The molecule has 166 valence electrons. The molecule has 0 saturated heterocycles. The molecule has 0 aromatic heterocycles. The maximum Gasteiger partial charge on any atom is 0.255 e. The van der Waals surface area contributed by atoms with Crippen molar-refractivity contribution in [1.29, 1.82) is 0 Å². The lowest BCUT2D eigenvalue weighted by Gasteiger charge is -2.12. The Kier molecular flexibility index (Phi) is 6.55. The largest absolute Gasteiger partial charge is 0.497 e. The average Bonchev–Trinajstić information content (AvgIpc) is 2.85. The monoisotopic (exact) mass is 442 g/mol. The second-order valence-corrected chi connectivity index (χ2v) is 7.40. The van der Waals surface area contributed by atoms with Crippen LogP contribution in [0.3, 0.4) is 0 Å². The number of anilines is 2. The molecule has 4 aromatic carbocycles. The number of ether oxygens (including phenoxy) is 2. The van der Waals surface area contributed by atoms with Crippen molar-refractivity contribution in [3.63, 3.8) is 0 Å². The number of amides is 1. The van der Waals surface area contributed by atoms with Gasteiger partial charge in [0.15, 0.2) is 11.6 Å².